The summed E-state index contributed by atoms with van der Waals surface area (Å²) in [6.45, 7) is 4.35. The van der Waals surface area contributed by atoms with Crippen LogP contribution in [0.5, 0.6) is 0 Å². The molecule has 0 saturated heterocycles. The van der Waals surface area contributed by atoms with Gasteiger partial charge in [-0.05, 0) is 43.5 Å². The fourth-order valence-electron chi connectivity index (χ4n) is 3.12. The van der Waals surface area contributed by atoms with E-state index in [2.05, 4.69) is 20.3 Å². The molecule has 1 amide bonds. The van der Waals surface area contributed by atoms with E-state index in [0.717, 1.165) is 18.4 Å². The third-order valence-corrected chi connectivity index (χ3v) is 5.21. The number of aryl methyl sites for hydroxylation is 1. The lowest BCUT2D eigenvalue weighted by atomic mass is 10.2. The number of carbonyl (C=O) groups excluding carboxylic acids is 1. The molecule has 9 heteroatoms. The summed E-state index contributed by atoms with van der Waals surface area (Å²) in [7, 11) is 0. The van der Waals surface area contributed by atoms with E-state index in [4.69, 9.17) is 20.5 Å². The predicted octanol–water partition coefficient (Wildman–Crippen LogP) is 4.41. The lowest BCUT2D eigenvalue weighted by Gasteiger charge is -2.20. The maximum absolute atomic E-state index is 12.8. The monoisotopic (exact) mass is 429 g/mol. The first-order valence-electron chi connectivity index (χ1n) is 10.2. The SMILES string of the molecule is CC(C)c1noc(CCCC(=O)N(Cc2nnc(-c3ccc(Cl)cc3)o2)C2CC2)n1. The smallest absolute Gasteiger partial charge is 0.247 e. The van der Waals surface area contributed by atoms with Crippen LogP contribution in [0.4, 0.5) is 0 Å². The van der Waals surface area contributed by atoms with Crippen LogP contribution in [0, 0.1) is 0 Å². The highest BCUT2D eigenvalue weighted by atomic mass is 35.5. The molecule has 2 heterocycles. The minimum Gasteiger partial charge on any atom is -0.419 e. The van der Waals surface area contributed by atoms with Gasteiger partial charge in [-0.1, -0.05) is 30.6 Å². The maximum Gasteiger partial charge on any atom is 0.247 e. The van der Waals surface area contributed by atoms with Crippen LogP contribution >= 0.6 is 11.6 Å². The van der Waals surface area contributed by atoms with Crippen LogP contribution in [0.25, 0.3) is 11.5 Å². The summed E-state index contributed by atoms with van der Waals surface area (Å²) < 4.78 is 11.0. The van der Waals surface area contributed by atoms with Crippen molar-refractivity contribution in [3.05, 3.63) is 46.9 Å². The van der Waals surface area contributed by atoms with E-state index >= 15 is 0 Å². The van der Waals surface area contributed by atoms with Gasteiger partial charge in [-0.3, -0.25) is 4.79 Å². The fourth-order valence-corrected chi connectivity index (χ4v) is 3.24. The molecule has 8 nitrogen and oxygen atoms in total. The Morgan fingerprint density at radius 3 is 2.63 bits per heavy atom. The Balaban J connectivity index is 1.33. The van der Waals surface area contributed by atoms with Crippen molar-refractivity contribution in [3.63, 3.8) is 0 Å². The van der Waals surface area contributed by atoms with Gasteiger partial charge in [0, 0.05) is 35.4 Å². The van der Waals surface area contributed by atoms with Gasteiger partial charge in [-0.2, -0.15) is 4.98 Å². The van der Waals surface area contributed by atoms with Gasteiger partial charge in [0.1, 0.15) is 0 Å². The molecule has 0 radical (unpaired) electrons. The molecular weight excluding hydrogens is 406 g/mol. The van der Waals surface area contributed by atoms with E-state index in [1.54, 1.807) is 12.1 Å². The number of halogens is 1. The second-order valence-electron chi connectivity index (χ2n) is 7.82. The van der Waals surface area contributed by atoms with Crippen molar-refractivity contribution < 1.29 is 13.7 Å². The van der Waals surface area contributed by atoms with Gasteiger partial charge in [0.15, 0.2) is 5.82 Å². The molecule has 0 aliphatic heterocycles. The molecule has 0 atom stereocenters. The highest BCUT2D eigenvalue weighted by Crippen LogP contribution is 2.30. The zero-order chi connectivity index (χ0) is 21.1. The first-order chi connectivity index (χ1) is 14.5. The molecule has 1 aliphatic carbocycles. The third-order valence-electron chi connectivity index (χ3n) is 4.95. The molecule has 1 saturated carbocycles. The second kappa shape index (κ2) is 8.95. The molecule has 1 aliphatic rings. The van der Waals surface area contributed by atoms with Crippen LogP contribution in [0.1, 0.15) is 63.1 Å². The van der Waals surface area contributed by atoms with Crippen LogP contribution in [-0.2, 0) is 17.8 Å². The fraction of sp³-hybridized carbons (Fsp3) is 0.476. The summed E-state index contributed by atoms with van der Waals surface area (Å²) in [5.74, 6) is 2.42. The molecule has 1 aromatic carbocycles. The molecule has 0 unspecified atom stereocenters. The first kappa shape index (κ1) is 20.5. The Morgan fingerprint density at radius 1 is 1.20 bits per heavy atom. The van der Waals surface area contributed by atoms with E-state index in [-0.39, 0.29) is 17.9 Å². The number of nitrogens with zero attached hydrogens (tertiary/aromatic N) is 5. The average Bonchev–Trinajstić information content (AvgIpc) is 3.26. The first-order valence-corrected chi connectivity index (χ1v) is 10.6. The van der Waals surface area contributed by atoms with Crippen molar-refractivity contribution in [2.75, 3.05) is 0 Å². The molecule has 30 heavy (non-hydrogen) atoms. The number of hydrogen-bond donors (Lipinski definition) is 0. The molecule has 4 rings (SSSR count). The number of hydrogen-bond acceptors (Lipinski definition) is 7. The zero-order valence-electron chi connectivity index (χ0n) is 17.0. The van der Waals surface area contributed by atoms with E-state index in [1.807, 2.05) is 30.9 Å². The van der Waals surface area contributed by atoms with E-state index < -0.39 is 0 Å². The normalized spacial score (nSPS) is 13.7. The number of benzene rings is 1. The van der Waals surface area contributed by atoms with Gasteiger partial charge >= 0.3 is 0 Å². The van der Waals surface area contributed by atoms with Crippen LogP contribution in [0.3, 0.4) is 0 Å². The van der Waals surface area contributed by atoms with Crippen molar-refractivity contribution in [3.8, 4) is 11.5 Å². The van der Waals surface area contributed by atoms with Gasteiger partial charge in [0.25, 0.3) is 0 Å². The van der Waals surface area contributed by atoms with Crippen molar-refractivity contribution in [1.29, 1.82) is 0 Å². The molecule has 1 fully saturated rings. The number of carbonyl (C=O) groups is 1. The zero-order valence-corrected chi connectivity index (χ0v) is 17.8. The summed E-state index contributed by atoms with van der Waals surface area (Å²) >= 11 is 5.92. The summed E-state index contributed by atoms with van der Waals surface area (Å²) in [4.78, 5) is 19.0. The van der Waals surface area contributed by atoms with Crippen molar-refractivity contribution in [1.82, 2.24) is 25.2 Å². The third kappa shape index (κ3) is 5.05. The van der Waals surface area contributed by atoms with Gasteiger partial charge in [-0.15, -0.1) is 10.2 Å². The summed E-state index contributed by atoms with van der Waals surface area (Å²) in [5, 5.41) is 12.8. The molecule has 0 spiro atoms. The molecule has 158 valence electrons. The lowest BCUT2D eigenvalue weighted by Crippen LogP contribution is -2.32. The summed E-state index contributed by atoms with van der Waals surface area (Å²) in [5.41, 5.74) is 0.794. The highest BCUT2D eigenvalue weighted by Gasteiger charge is 2.33. The Labute approximate surface area is 179 Å². The quantitative estimate of drug-likeness (QED) is 0.496. The number of aromatic nitrogens is 4. The second-order valence-corrected chi connectivity index (χ2v) is 8.25. The topological polar surface area (TPSA) is 98.2 Å². The van der Waals surface area contributed by atoms with E-state index in [0.29, 0.717) is 54.3 Å². The average molecular weight is 430 g/mol. The Kier molecular flexibility index (Phi) is 6.13. The Hall–Kier alpha value is -2.74. The van der Waals surface area contributed by atoms with Crippen molar-refractivity contribution in [2.45, 2.75) is 64.5 Å². The van der Waals surface area contributed by atoms with Gasteiger partial charge < -0.3 is 13.8 Å². The molecular formula is C21H24ClN5O3. The van der Waals surface area contributed by atoms with Crippen LogP contribution in [0.2, 0.25) is 5.02 Å². The Bertz CT molecular complexity index is 994. The van der Waals surface area contributed by atoms with Gasteiger partial charge in [0.05, 0.1) is 6.54 Å². The van der Waals surface area contributed by atoms with Crippen molar-refractivity contribution in [2.24, 2.45) is 0 Å². The summed E-state index contributed by atoms with van der Waals surface area (Å²) in [6, 6.07) is 7.44. The predicted molar refractivity (Wildman–Crippen MR) is 110 cm³/mol. The van der Waals surface area contributed by atoms with E-state index in [9.17, 15) is 4.79 Å². The van der Waals surface area contributed by atoms with E-state index in [1.165, 1.54) is 0 Å². The van der Waals surface area contributed by atoms with Gasteiger partial charge in [-0.25, -0.2) is 0 Å². The lowest BCUT2D eigenvalue weighted by molar-refractivity contribution is -0.132. The van der Waals surface area contributed by atoms with Crippen LogP contribution in [0.15, 0.2) is 33.2 Å². The number of amides is 1. The minimum atomic E-state index is 0.0762. The standard InChI is InChI=1S/C21H24ClN5O3/c1-13(2)20-23-17(30-26-20)4-3-5-19(28)27(16-10-11-16)12-18-24-25-21(29-18)14-6-8-15(22)9-7-14/h6-9,13,16H,3-5,10-12H2,1-2H3. The number of rotatable bonds is 9. The largest absolute Gasteiger partial charge is 0.419 e. The van der Waals surface area contributed by atoms with Gasteiger partial charge in [0.2, 0.25) is 23.6 Å². The molecule has 2 aromatic heterocycles. The minimum absolute atomic E-state index is 0.0762. The molecule has 0 bridgehead atoms. The van der Waals surface area contributed by atoms with Crippen molar-refractivity contribution >= 4 is 17.5 Å². The highest BCUT2D eigenvalue weighted by molar-refractivity contribution is 6.30. The molecule has 3 aromatic rings. The Morgan fingerprint density at radius 2 is 1.97 bits per heavy atom. The van der Waals surface area contributed by atoms with Crippen LogP contribution in [-0.4, -0.2) is 37.2 Å². The molecule has 0 N–H and O–H groups in total. The van der Waals surface area contributed by atoms with Crippen LogP contribution < -0.4 is 0 Å². The maximum atomic E-state index is 12.8. The summed E-state index contributed by atoms with van der Waals surface area (Å²) in [6.07, 6.45) is 3.66.